The molecule has 23 heavy (non-hydrogen) atoms. The first-order valence-corrected chi connectivity index (χ1v) is 7.81. The molecule has 126 valence electrons. The second-order valence-corrected chi connectivity index (χ2v) is 6.34. The zero-order valence-corrected chi connectivity index (χ0v) is 13.6. The fourth-order valence-corrected chi connectivity index (χ4v) is 3.25. The third-order valence-corrected chi connectivity index (χ3v) is 4.74. The summed E-state index contributed by atoms with van der Waals surface area (Å²) in [4.78, 5) is 22.1. The lowest BCUT2D eigenvalue weighted by atomic mass is 9.67. The molecule has 6 heteroatoms. The van der Waals surface area contributed by atoms with Crippen LogP contribution in [-0.2, 0) is 16.1 Å². The van der Waals surface area contributed by atoms with Crippen molar-refractivity contribution in [3.8, 4) is 5.75 Å². The zero-order chi connectivity index (χ0) is 16.9. The van der Waals surface area contributed by atoms with E-state index < -0.39 is 5.41 Å². The van der Waals surface area contributed by atoms with Crippen LogP contribution < -0.4 is 4.74 Å². The van der Waals surface area contributed by atoms with E-state index in [4.69, 9.17) is 9.47 Å². The molecule has 1 fully saturated rings. The molecule has 0 amide bonds. The molecule has 0 bridgehead atoms. The predicted molar refractivity (Wildman–Crippen MR) is 84.9 cm³/mol. The Morgan fingerprint density at radius 3 is 2.65 bits per heavy atom. The maximum Gasteiger partial charge on any atom is 0.210 e. The van der Waals surface area contributed by atoms with Gasteiger partial charge in [0.2, 0.25) is 6.54 Å². The molecule has 0 spiro atoms. The van der Waals surface area contributed by atoms with E-state index in [9.17, 15) is 14.9 Å². The number of ether oxygens (including phenoxy) is 2. The monoisotopic (exact) mass is 321 g/mol. The molecule has 0 saturated heterocycles. The highest BCUT2D eigenvalue weighted by Crippen LogP contribution is 2.41. The van der Waals surface area contributed by atoms with E-state index in [1.54, 1.807) is 14.0 Å². The molecular formula is C17H23NO5. The van der Waals surface area contributed by atoms with Crippen molar-refractivity contribution < 1.29 is 19.2 Å². The van der Waals surface area contributed by atoms with Crippen molar-refractivity contribution in [1.29, 1.82) is 0 Å². The van der Waals surface area contributed by atoms with Crippen molar-refractivity contribution in [2.75, 3.05) is 13.7 Å². The molecule has 6 nitrogen and oxygen atoms in total. The fourth-order valence-electron chi connectivity index (χ4n) is 3.25. The van der Waals surface area contributed by atoms with Gasteiger partial charge in [-0.3, -0.25) is 10.1 Å². The lowest BCUT2D eigenvalue weighted by Crippen LogP contribution is -2.46. The van der Waals surface area contributed by atoms with Gasteiger partial charge in [-0.15, -0.1) is 0 Å². The number of hydrogen-bond donors (Lipinski definition) is 0. The second kappa shape index (κ2) is 7.55. The summed E-state index contributed by atoms with van der Waals surface area (Å²) in [5, 5.41) is 11.0. The summed E-state index contributed by atoms with van der Waals surface area (Å²) < 4.78 is 11.1. The summed E-state index contributed by atoms with van der Waals surface area (Å²) in [7, 11) is 1.61. The molecule has 3 atom stereocenters. The molecule has 0 heterocycles. The molecule has 1 saturated carbocycles. The van der Waals surface area contributed by atoms with Crippen molar-refractivity contribution in [3.63, 3.8) is 0 Å². The van der Waals surface area contributed by atoms with E-state index in [-0.39, 0.29) is 23.5 Å². The minimum Gasteiger partial charge on any atom is -0.497 e. The SMILES string of the molecule is COc1ccc(CO[C@H]2CCC[C@](C)(C=O)[C@@H]2C[N+](=O)[O-])cc1. The number of aldehydes is 1. The Morgan fingerprint density at radius 1 is 1.39 bits per heavy atom. The van der Waals surface area contributed by atoms with Crippen LogP contribution in [0.25, 0.3) is 0 Å². The number of rotatable bonds is 7. The van der Waals surface area contributed by atoms with Gasteiger partial charge in [-0.05, 0) is 37.0 Å². The van der Waals surface area contributed by atoms with Crippen LogP contribution in [0.15, 0.2) is 24.3 Å². The van der Waals surface area contributed by atoms with Crippen LogP contribution in [0.2, 0.25) is 0 Å². The van der Waals surface area contributed by atoms with Crippen LogP contribution in [0.1, 0.15) is 31.7 Å². The predicted octanol–water partition coefficient (Wildman–Crippen LogP) is 2.86. The second-order valence-electron chi connectivity index (χ2n) is 6.34. The Labute approximate surface area is 135 Å². The highest BCUT2D eigenvalue weighted by Gasteiger charge is 2.45. The molecule has 2 rings (SSSR count). The van der Waals surface area contributed by atoms with Gasteiger partial charge < -0.3 is 14.3 Å². The van der Waals surface area contributed by atoms with Gasteiger partial charge in [0.25, 0.3) is 0 Å². The number of methoxy groups -OCH3 is 1. The average molecular weight is 321 g/mol. The maximum absolute atomic E-state index is 11.5. The molecular weight excluding hydrogens is 298 g/mol. The van der Waals surface area contributed by atoms with Crippen molar-refractivity contribution in [1.82, 2.24) is 0 Å². The minimum absolute atomic E-state index is 0.234. The van der Waals surface area contributed by atoms with Gasteiger partial charge in [0.05, 0.1) is 25.7 Å². The number of benzene rings is 1. The average Bonchev–Trinajstić information content (AvgIpc) is 2.55. The van der Waals surface area contributed by atoms with Gasteiger partial charge in [-0.25, -0.2) is 0 Å². The quantitative estimate of drug-likeness (QED) is 0.438. The Morgan fingerprint density at radius 2 is 2.09 bits per heavy atom. The Balaban J connectivity index is 2.05. The van der Waals surface area contributed by atoms with Crippen LogP contribution in [0.3, 0.4) is 0 Å². The summed E-state index contributed by atoms with van der Waals surface area (Å²) in [6.45, 7) is 1.94. The van der Waals surface area contributed by atoms with Crippen molar-refractivity contribution in [3.05, 3.63) is 39.9 Å². The summed E-state index contributed by atoms with van der Waals surface area (Å²) in [6.07, 6.45) is 2.86. The summed E-state index contributed by atoms with van der Waals surface area (Å²) in [5.74, 6) is 0.383. The van der Waals surface area contributed by atoms with E-state index in [2.05, 4.69) is 0 Å². The minimum atomic E-state index is -0.685. The molecule has 0 aromatic heterocycles. The third-order valence-electron chi connectivity index (χ3n) is 4.74. The first-order valence-electron chi connectivity index (χ1n) is 7.81. The van der Waals surface area contributed by atoms with Crippen LogP contribution >= 0.6 is 0 Å². The van der Waals surface area contributed by atoms with Crippen LogP contribution in [-0.4, -0.2) is 31.0 Å². The summed E-state index contributed by atoms with van der Waals surface area (Å²) in [5.41, 5.74) is 0.291. The van der Waals surface area contributed by atoms with Crippen LogP contribution in [0.4, 0.5) is 0 Å². The highest BCUT2D eigenvalue weighted by atomic mass is 16.6. The fraction of sp³-hybridized carbons (Fsp3) is 0.588. The standard InChI is InChI=1S/C17H23NO5/c1-17(12-19)9-3-4-16(15(17)10-18(20)21)23-11-13-5-7-14(22-2)8-6-13/h5-8,12,15-16H,3-4,9-11H2,1-2H3/t15-,16+,17-/m1/s1. The Hall–Kier alpha value is -1.95. The lowest BCUT2D eigenvalue weighted by Gasteiger charge is -2.40. The van der Waals surface area contributed by atoms with E-state index in [0.717, 1.165) is 30.4 Å². The molecule has 1 aromatic rings. The summed E-state index contributed by atoms with van der Waals surface area (Å²) >= 11 is 0. The van der Waals surface area contributed by atoms with Gasteiger partial charge in [0, 0.05) is 10.3 Å². The first-order chi connectivity index (χ1) is 11.0. The van der Waals surface area contributed by atoms with Crippen LogP contribution in [0, 0.1) is 21.4 Å². The van der Waals surface area contributed by atoms with E-state index in [0.29, 0.717) is 13.0 Å². The van der Waals surface area contributed by atoms with Crippen molar-refractivity contribution in [2.45, 2.75) is 38.9 Å². The van der Waals surface area contributed by atoms with Gasteiger partial charge in [-0.2, -0.15) is 0 Å². The van der Waals surface area contributed by atoms with Crippen LogP contribution in [0.5, 0.6) is 5.75 Å². The number of nitrogens with zero attached hydrogens (tertiary/aromatic N) is 1. The number of nitro groups is 1. The Kier molecular flexibility index (Phi) is 5.71. The maximum atomic E-state index is 11.5. The molecule has 1 aliphatic rings. The Bertz CT molecular complexity index is 544. The molecule has 0 aliphatic heterocycles. The topological polar surface area (TPSA) is 78.7 Å². The molecule has 1 aliphatic carbocycles. The number of carbonyl (C=O) groups is 1. The third kappa shape index (κ3) is 4.28. The highest BCUT2D eigenvalue weighted by molar-refractivity contribution is 5.59. The largest absolute Gasteiger partial charge is 0.497 e. The van der Waals surface area contributed by atoms with E-state index in [1.165, 1.54) is 0 Å². The van der Waals surface area contributed by atoms with Gasteiger partial charge in [0.1, 0.15) is 12.0 Å². The molecule has 1 aromatic carbocycles. The van der Waals surface area contributed by atoms with Crippen molar-refractivity contribution >= 4 is 6.29 Å². The molecule has 0 unspecified atom stereocenters. The van der Waals surface area contributed by atoms with Crippen molar-refractivity contribution in [2.24, 2.45) is 11.3 Å². The number of carbonyl (C=O) groups excluding carboxylic acids is 1. The molecule has 0 radical (unpaired) electrons. The smallest absolute Gasteiger partial charge is 0.210 e. The first kappa shape index (κ1) is 17.4. The lowest BCUT2D eigenvalue weighted by molar-refractivity contribution is -0.495. The van der Waals surface area contributed by atoms with E-state index in [1.807, 2.05) is 24.3 Å². The van der Waals surface area contributed by atoms with Gasteiger partial charge in [0.15, 0.2) is 0 Å². The van der Waals surface area contributed by atoms with Gasteiger partial charge in [-0.1, -0.05) is 19.1 Å². The van der Waals surface area contributed by atoms with Gasteiger partial charge >= 0.3 is 0 Å². The number of hydrogen-bond acceptors (Lipinski definition) is 5. The zero-order valence-electron chi connectivity index (χ0n) is 13.6. The molecule has 0 N–H and O–H groups in total. The van der Waals surface area contributed by atoms with E-state index >= 15 is 0 Å². The summed E-state index contributed by atoms with van der Waals surface area (Å²) in [6, 6.07) is 7.51. The normalized spacial score (nSPS) is 27.4.